The van der Waals surface area contributed by atoms with Gasteiger partial charge in [0.2, 0.25) is 0 Å². The summed E-state index contributed by atoms with van der Waals surface area (Å²) in [5, 5.41) is 0.817. The number of halogens is 3. The molecule has 0 atom stereocenters. The monoisotopic (exact) mass is 290 g/mol. The van der Waals surface area contributed by atoms with Gasteiger partial charge in [-0.2, -0.15) is 0 Å². The summed E-state index contributed by atoms with van der Waals surface area (Å²) >= 11 is 6.06. The molecule has 0 aliphatic carbocycles. The van der Waals surface area contributed by atoms with Crippen LogP contribution in [0.2, 0.25) is 5.15 Å². The van der Waals surface area contributed by atoms with Gasteiger partial charge in [-0.25, -0.2) is 18.7 Å². The molecule has 0 unspecified atom stereocenters. The molecule has 0 fully saturated rings. The van der Waals surface area contributed by atoms with Crippen LogP contribution in [0.4, 0.5) is 8.78 Å². The number of rotatable bonds is 1. The second-order valence-corrected chi connectivity index (χ2v) is 4.77. The second kappa shape index (κ2) is 4.80. The molecule has 2 aromatic carbocycles. The first kappa shape index (κ1) is 12.9. The Morgan fingerprint density at radius 2 is 1.75 bits per heavy atom. The number of benzene rings is 2. The van der Waals surface area contributed by atoms with E-state index in [1.807, 2.05) is 0 Å². The van der Waals surface area contributed by atoms with Crippen molar-refractivity contribution in [3.8, 4) is 11.4 Å². The van der Waals surface area contributed by atoms with E-state index in [1.54, 1.807) is 31.2 Å². The van der Waals surface area contributed by atoms with Crippen molar-refractivity contribution in [2.45, 2.75) is 6.92 Å². The first-order chi connectivity index (χ1) is 9.58. The molecule has 2 nitrogen and oxygen atoms in total. The highest BCUT2D eigenvalue weighted by Crippen LogP contribution is 2.29. The molecule has 0 radical (unpaired) electrons. The molecule has 1 heterocycles. The maximum Gasteiger partial charge on any atom is 0.167 e. The third-order valence-electron chi connectivity index (χ3n) is 3.06. The normalized spacial score (nSPS) is 11.0. The van der Waals surface area contributed by atoms with Gasteiger partial charge in [0.15, 0.2) is 5.82 Å². The quantitative estimate of drug-likeness (QED) is 0.615. The van der Waals surface area contributed by atoms with Crippen LogP contribution in [0.3, 0.4) is 0 Å². The summed E-state index contributed by atoms with van der Waals surface area (Å²) in [5.41, 5.74) is 0.620. The highest BCUT2D eigenvalue weighted by molar-refractivity contribution is 6.34. The van der Waals surface area contributed by atoms with E-state index in [2.05, 4.69) is 9.97 Å². The average molecular weight is 291 g/mol. The predicted octanol–water partition coefficient (Wildman–Crippen LogP) is 4.54. The third kappa shape index (κ3) is 2.02. The van der Waals surface area contributed by atoms with Crippen LogP contribution in [-0.4, -0.2) is 9.97 Å². The number of hydrogen-bond acceptors (Lipinski definition) is 2. The van der Waals surface area contributed by atoms with Crippen molar-refractivity contribution in [3.63, 3.8) is 0 Å². The lowest BCUT2D eigenvalue weighted by atomic mass is 10.1. The summed E-state index contributed by atoms with van der Waals surface area (Å²) in [6.45, 7) is 1.56. The first-order valence-electron chi connectivity index (χ1n) is 5.95. The molecule has 0 saturated heterocycles. The summed E-state index contributed by atoms with van der Waals surface area (Å²) < 4.78 is 28.0. The summed E-state index contributed by atoms with van der Waals surface area (Å²) in [4.78, 5) is 8.20. The molecule has 3 aromatic rings. The van der Waals surface area contributed by atoms with E-state index in [1.165, 1.54) is 12.1 Å². The summed E-state index contributed by atoms with van der Waals surface area (Å²) in [5.74, 6) is -1.43. The molecule has 0 amide bonds. The Kier molecular flexibility index (Phi) is 3.10. The second-order valence-electron chi connectivity index (χ2n) is 4.41. The van der Waals surface area contributed by atoms with Crippen molar-refractivity contribution in [2.75, 3.05) is 0 Å². The maximum absolute atomic E-state index is 14.1. The molecule has 0 bridgehead atoms. The Morgan fingerprint density at radius 1 is 1.00 bits per heavy atom. The van der Waals surface area contributed by atoms with Crippen molar-refractivity contribution in [1.29, 1.82) is 0 Å². The summed E-state index contributed by atoms with van der Waals surface area (Å²) in [7, 11) is 0. The standard InChI is InChI=1S/C15H9ClF2N2/c1-8-6-7-10(17)12(13(8)18)15-19-11-5-3-2-4-9(11)14(16)20-15/h2-7H,1H3. The summed E-state index contributed by atoms with van der Waals surface area (Å²) in [6.07, 6.45) is 0. The SMILES string of the molecule is Cc1ccc(F)c(-c2nc(Cl)c3ccccc3n2)c1F. The van der Waals surface area contributed by atoms with Gasteiger partial charge in [-0.1, -0.05) is 29.8 Å². The van der Waals surface area contributed by atoms with Crippen molar-refractivity contribution >= 4 is 22.5 Å². The minimum Gasteiger partial charge on any atom is -0.228 e. The Balaban J connectivity index is 2.33. The largest absolute Gasteiger partial charge is 0.228 e. The van der Waals surface area contributed by atoms with E-state index >= 15 is 0 Å². The Morgan fingerprint density at radius 3 is 2.55 bits per heavy atom. The molecular weight excluding hydrogens is 282 g/mol. The van der Waals surface area contributed by atoms with E-state index in [4.69, 9.17) is 11.6 Å². The minimum absolute atomic E-state index is 0.0487. The molecule has 20 heavy (non-hydrogen) atoms. The highest BCUT2D eigenvalue weighted by Gasteiger charge is 2.17. The summed E-state index contributed by atoms with van der Waals surface area (Å²) in [6, 6.07) is 9.61. The zero-order valence-electron chi connectivity index (χ0n) is 10.5. The number of nitrogens with zero attached hydrogens (tertiary/aromatic N) is 2. The van der Waals surface area contributed by atoms with Gasteiger partial charge in [0.05, 0.1) is 11.1 Å². The van der Waals surface area contributed by atoms with Gasteiger partial charge in [-0.3, -0.25) is 0 Å². The smallest absolute Gasteiger partial charge is 0.167 e. The molecule has 0 aliphatic heterocycles. The third-order valence-corrected chi connectivity index (χ3v) is 3.35. The number of aromatic nitrogens is 2. The molecule has 100 valence electrons. The van der Waals surface area contributed by atoms with E-state index in [0.29, 0.717) is 16.5 Å². The molecular formula is C15H9ClF2N2. The number of fused-ring (bicyclic) bond motifs is 1. The topological polar surface area (TPSA) is 25.8 Å². The zero-order chi connectivity index (χ0) is 14.3. The van der Waals surface area contributed by atoms with Gasteiger partial charge in [-0.05, 0) is 30.7 Å². The van der Waals surface area contributed by atoms with Crippen molar-refractivity contribution in [3.05, 3.63) is 58.7 Å². The van der Waals surface area contributed by atoms with Crippen LogP contribution in [0.25, 0.3) is 22.3 Å². The molecule has 0 N–H and O–H groups in total. The number of aryl methyl sites for hydroxylation is 1. The minimum atomic E-state index is -0.709. The van der Waals surface area contributed by atoms with Crippen LogP contribution in [0.5, 0.6) is 0 Å². The van der Waals surface area contributed by atoms with Gasteiger partial charge in [-0.15, -0.1) is 0 Å². The van der Waals surface area contributed by atoms with E-state index in [0.717, 1.165) is 0 Å². The lowest BCUT2D eigenvalue weighted by Gasteiger charge is -2.08. The average Bonchev–Trinajstić information content (AvgIpc) is 2.44. The lowest BCUT2D eigenvalue weighted by molar-refractivity contribution is 0.582. The van der Waals surface area contributed by atoms with Gasteiger partial charge in [0, 0.05) is 5.39 Å². The van der Waals surface area contributed by atoms with Crippen LogP contribution in [0.15, 0.2) is 36.4 Å². The predicted molar refractivity (Wildman–Crippen MR) is 74.6 cm³/mol. The fourth-order valence-corrected chi connectivity index (χ4v) is 2.25. The molecule has 0 saturated carbocycles. The van der Waals surface area contributed by atoms with E-state index in [9.17, 15) is 8.78 Å². The molecule has 1 aromatic heterocycles. The van der Waals surface area contributed by atoms with Crippen molar-refractivity contribution in [1.82, 2.24) is 9.97 Å². The van der Waals surface area contributed by atoms with Gasteiger partial charge in [0.1, 0.15) is 16.8 Å². The van der Waals surface area contributed by atoms with Gasteiger partial charge < -0.3 is 0 Å². The van der Waals surface area contributed by atoms with Crippen molar-refractivity contribution in [2.24, 2.45) is 0 Å². The van der Waals surface area contributed by atoms with Crippen LogP contribution in [-0.2, 0) is 0 Å². The Bertz CT molecular complexity index is 818. The Labute approximate surface area is 119 Å². The van der Waals surface area contributed by atoms with Crippen LogP contribution < -0.4 is 0 Å². The van der Waals surface area contributed by atoms with Crippen LogP contribution in [0.1, 0.15) is 5.56 Å². The molecule has 3 rings (SSSR count). The Hall–Kier alpha value is -2.07. The molecule has 5 heteroatoms. The van der Waals surface area contributed by atoms with Crippen LogP contribution in [0, 0.1) is 18.6 Å². The number of para-hydroxylation sites is 1. The molecule has 0 spiro atoms. The molecule has 0 aliphatic rings. The maximum atomic E-state index is 14.1. The van der Waals surface area contributed by atoms with E-state index in [-0.39, 0.29) is 16.5 Å². The fourth-order valence-electron chi connectivity index (χ4n) is 2.01. The van der Waals surface area contributed by atoms with Gasteiger partial charge >= 0.3 is 0 Å². The lowest BCUT2D eigenvalue weighted by Crippen LogP contribution is -1.99. The van der Waals surface area contributed by atoms with Crippen molar-refractivity contribution < 1.29 is 8.78 Å². The highest BCUT2D eigenvalue weighted by atomic mass is 35.5. The fraction of sp³-hybridized carbons (Fsp3) is 0.0667. The van der Waals surface area contributed by atoms with E-state index < -0.39 is 11.6 Å². The van der Waals surface area contributed by atoms with Crippen LogP contribution >= 0.6 is 11.6 Å². The number of hydrogen-bond donors (Lipinski definition) is 0. The first-order valence-corrected chi connectivity index (χ1v) is 6.33. The van der Waals surface area contributed by atoms with Gasteiger partial charge in [0.25, 0.3) is 0 Å². The zero-order valence-corrected chi connectivity index (χ0v) is 11.2.